The summed E-state index contributed by atoms with van der Waals surface area (Å²) < 4.78 is 0. The lowest BCUT2D eigenvalue weighted by Gasteiger charge is -2.20. The zero-order chi connectivity index (χ0) is 19.9. The smallest absolute Gasteiger partial charge is 0.317 e. The van der Waals surface area contributed by atoms with E-state index in [1.807, 2.05) is 0 Å². The lowest BCUT2D eigenvalue weighted by atomic mass is 9.86. The Hall–Kier alpha value is -2.98. The molecule has 0 saturated carbocycles. The molecule has 142 valence electrons. The topological polar surface area (TPSA) is 187 Å². The first-order valence-electron chi connectivity index (χ1n) is 7.59. The molecule has 0 bridgehead atoms. The van der Waals surface area contributed by atoms with Crippen LogP contribution in [0.25, 0.3) is 0 Å². The Kier molecular flexibility index (Phi) is 7.69. The molecule has 0 heterocycles. The van der Waals surface area contributed by atoms with Crippen molar-refractivity contribution in [2.75, 3.05) is 6.54 Å². The molecule has 0 radical (unpaired) electrons. The van der Waals surface area contributed by atoms with E-state index < -0.39 is 43.1 Å². The van der Waals surface area contributed by atoms with Gasteiger partial charge >= 0.3 is 23.9 Å². The molecule has 1 rings (SSSR count). The third-order valence-corrected chi connectivity index (χ3v) is 3.65. The lowest BCUT2D eigenvalue weighted by Crippen LogP contribution is -2.25. The molecule has 1 aromatic carbocycles. The van der Waals surface area contributed by atoms with Crippen molar-refractivity contribution in [3.63, 3.8) is 0 Å². The predicted octanol–water partition coefficient (Wildman–Crippen LogP) is -0.799. The molecular formula is C16H20N2O8. The number of carboxylic acid groups (broad SMARTS) is 4. The van der Waals surface area contributed by atoms with Crippen molar-refractivity contribution in [2.24, 2.45) is 5.73 Å². The second kappa shape index (κ2) is 9.49. The highest BCUT2D eigenvalue weighted by Crippen LogP contribution is 2.26. The third kappa shape index (κ3) is 6.15. The van der Waals surface area contributed by atoms with Crippen LogP contribution in [-0.4, -0.2) is 50.8 Å². The molecule has 0 unspecified atom stereocenters. The number of carboxylic acids is 4. The minimum Gasteiger partial charge on any atom is -0.481 e. The molecule has 0 aliphatic rings. The van der Waals surface area contributed by atoms with Crippen LogP contribution in [0, 0.1) is 0 Å². The van der Waals surface area contributed by atoms with E-state index in [4.69, 9.17) is 26.2 Å². The standard InChI is InChI=1S/C16H20N2O8/c17-5-12-9(6-18-7-16(25)26)1-8(2-13(19)20)10(3-14(21)22)11(12)4-15(23)24/h1,18H,2-7,17H2,(H,19,20)(H,21,22)(H,23,24)(H,25,26). The number of hydrogen-bond acceptors (Lipinski definition) is 6. The van der Waals surface area contributed by atoms with Crippen molar-refractivity contribution >= 4 is 23.9 Å². The van der Waals surface area contributed by atoms with Gasteiger partial charge in [0, 0.05) is 13.1 Å². The van der Waals surface area contributed by atoms with Crippen LogP contribution in [0.5, 0.6) is 0 Å². The van der Waals surface area contributed by atoms with E-state index in [9.17, 15) is 19.2 Å². The highest BCUT2D eigenvalue weighted by Gasteiger charge is 2.22. The van der Waals surface area contributed by atoms with Crippen molar-refractivity contribution in [1.82, 2.24) is 5.32 Å². The van der Waals surface area contributed by atoms with Gasteiger partial charge in [0.1, 0.15) is 0 Å². The molecule has 0 spiro atoms. The molecule has 10 nitrogen and oxygen atoms in total. The van der Waals surface area contributed by atoms with Crippen molar-refractivity contribution in [1.29, 1.82) is 0 Å². The van der Waals surface area contributed by atoms with Gasteiger partial charge in [0.2, 0.25) is 0 Å². The van der Waals surface area contributed by atoms with E-state index in [2.05, 4.69) is 5.32 Å². The van der Waals surface area contributed by atoms with Crippen LogP contribution in [0.2, 0.25) is 0 Å². The first-order valence-corrected chi connectivity index (χ1v) is 7.59. The lowest BCUT2D eigenvalue weighted by molar-refractivity contribution is -0.138. The summed E-state index contributed by atoms with van der Waals surface area (Å²) >= 11 is 0. The first-order chi connectivity index (χ1) is 12.1. The number of hydrogen-bond donors (Lipinski definition) is 6. The SMILES string of the molecule is NCc1c(CNCC(=O)O)cc(CC(=O)O)c(CC(=O)O)c1CC(=O)O. The Balaban J connectivity index is 3.53. The van der Waals surface area contributed by atoms with Gasteiger partial charge in [-0.05, 0) is 27.8 Å². The average molecular weight is 368 g/mol. The van der Waals surface area contributed by atoms with Gasteiger partial charge in [0.15, 0.2) is 0 Å². The number of aliphatic carboxylic acids is 4. The van der Waals surface area contributed by atoms with E-state index in [1.54, 1.807) is 0 Å². The van der Waals surface area contributed by atoms with Crippen LogP contribution in [-0.2, 0) is 51.5 Å². The van der Waals surface area contributed by atoms with Crippen LogP contribution in [0.3, 0.4) is 0 Å². The van der Waals surface area contributed by atoms with Gasteiger partial charge in [-0.15, -0.1) is 0 Å². The minimum absolute atomic E-state index is 0.0193. The van der Waals surface area contributed by atoms with Crippen LogP contribution in [0.4, 0.5) is 0 Å². The Labute approximate surface area is 148 Å². The summed E-state index contributed by atoms with van der Waals surface area (Å²) in [6, 6.07) is 1.44. The van der Waals surface area contributed by atoms with Gasteiger partial charge in [-0.1, -0.05) is 6.07 Å². The first kappa shape index (κ1) is 21.1. The largest absolute Gasteiger partial charge is 0.481 e. The van der Waals surface area contributed by atoms with Gasteiger partial charge in [-0.2, -0.15) is 0 Å². The minimum atomic E-state index is -1.23. The van der Waals surface area contributed by atoms with E-state index >= 15 is 0 Å². The van der Waals surface area contributed by atoms with E-state index in [0.29, 0.717) is 11.1 Å². The van der Waals surface area contributed by atoms with Crippen LogP contribution in [0.1, 0.15) is 27.8 Å². The maximum absolute atomic E-state index is 11.2. The van der Waals surface area contributed by atoms with Gasteiger partial charge in [0.05, 0.1) is 25.8 Å². The van der Waals surface area contributed by atoms with Crippen molar-refractivity contribution < 1.29 is 39.6 Å². The Morgan fingerprint density at radius 2 is 1.31 bits per heavy atom. The molecule has 0 atom stereocenters. The molecule has 7 N–H and O–H groups in total. The van der Waals surface area contributed by atoms with Crippen LogP contribution in [0.15, 0.2) is 6.07 Å². The fourth-order valence-corrected chi connectivity index (χ4v) is 2.73. The molecule has 0 aliphatic heterocycles. The van der Waals surface area contributed by atoms with Crippen molar-refractivity contribution in [2.45, 2.75) is 32.4 Å². The second-order valence-electron chi connectivity index (χ2n) is 5.54. The highest BCUT2D eigenvalue weighted by atomic mass is 16.4. The quantitative estimate of drug-likeness (QED) is 0.288. The van der Waals surface area contributed by atoms with E-state index in [0.717, 1.165) is 0 Å². The van der Waals surface area contributed by atoms with Gasteiger partial charge in [-0.3, -0.25) is 19.2 Å². The molecule has 1 aromatic rings. The summed E-state index contributed by atoms with van der Waals surface area (Å²) in [6.45, 7) is -0.443. The summed E-state index contributed by atoms with van der Waals surface area (Å²) in [5, 5.41) is 38.7. The summed E-state index contributed by atoms with van der Waals surface area (Å²) in [6.07, 6.45) is -1.55. The monoisotopic (exact) mass is 368 g/mol. The molecule has 26 heavy (non-hydrogen) atoms. The zero-order valence-corrected chi connectivity index (χ0v) is 13.8. The Morgan fingerprint density at radius 1 is 0.769 bits per heavy atom. The maximum Gasteiger partial charge on any atom is 0.317 e. The number of benzene rings is 1. The van der Waals surface area contributed by atoms with Crippen LogP contribution >= 0.6 is 0 Å². The number of nitrogens with two attached hydrogens (primary N) is 1. The molecule has 0 aliphatic carbocycles. The number of carbonyl (C=O) groups is 4. The molecule has 0 fully saturated rings. The Bertz CT molecular complexity index is 729. The predicted molar refractivity (Wildman–Crippen MR) is 87.7 cm³/mol. The average Bonchev–Trinajstić information content (AvgIpc) is 2.49. The third-order valence-electron chi connectivity index (χ3n) is 3.65. The van der Waals surface area contributed by atoms with Gasteiger partial charge in [-0.25, -0.2) is 0 Å². The summed E-state index contributed by atoms with van der Waals surface area (Å²) in [4.78, 5) is 44.2. The number of nitrogens with one attached hydrogen (secondary N) is 1. The molecule has 10 heteroatoms. The van der Waals surface area contributed by atoms with Gasteiger partial charge in [0.25, 0.3) is 0 Å². The normalized spacial score (nSPS) is 10.5. The van der Waals surface area contributed by atoms with Crippen LogP contribution < -0.4 is 11.1 Å². The molecular weight excluding hydrogens is 348 g/mol. The Morgan fingerprint density at radius 3 is 1.77 bits per heavy atom. The van der Waals surface area contributed by atoms with Crippen molar-refractivity contribution in [3.05, 3.63) is 33.9 Å². The summed E-state index contributed by atoms with van der Waals surface area (Å²) in [5.74, 6) is -4.76. The fraction of sp³-hybridized carbons (Fsp3) is 0.375. The second-order valence-corrected chi connectivity index (χ2v) is 5.54. The fourth-order valence-electron chi connectivity index (χ4n) is 2.73. The number of rotatable bonds is 11. The molecule has 0 aromatic heterocycles. The van der Waals surface area contributed by atoms with Gasteiger partial charge < -0.3 is 31.5 Å². The zero-order valence-electron chi connectivity index (χ0n) is 13.8. The van der Waals surface area contributed by atoms with Crippen molar-refractivity contribution in [3.8, 4) is 0 Å². The summed E-state index contributed by atoms with van der Waals surface area (Å²) in [7, 11) is 0. The molecule has 0 amide bonds. The van der Waals surface area contributed by atoms with E-state index in [-0.39, 0.29) is 36.3 Å². The maximum atomic E-state index is 11.2. The highest BCUT2D eigenvalue weighted by molar-refractivity contribution is 5.78. The summed E-state index contributed by atoms with van der Waals surface area (Å²) in [5.41, 5.74) is 6.96. The van der Waals surface area contributed by atoms with E-state index in [1.165, 1.54) is 6.07 Å². The molecule has 0 saturated heterocycles.